The van der Waals surface area contributed by atoms with Crippen LogP contribution >= 0.6 is 0 Å². The standard InChI is InChI=1S/C7H9NO3/c1-11-5-2-4-6(5)7(10)8(4)3-9/h2,4,6,9H,3H2,1H3/t4-,6?/m0/s1. The number of β-lactam (4-membered cyclic amide) rings is 1. The molecule has 2 atom stereocenters. The van der Waals surface area contributed by atoms with Crippen LogP contribution in [0.25, 0.3) is 0 Å². The molecule has 0 radical (unpaired) electrons. The minimum atomic E-state index is -0.187. The van der Waals surface area contributed by atoms with Crippen molar-refractivity contribution in [1.82, 2.24) is 4.90 Å². The molecule has 11 heavy (non-hydrogen) atoms. The molecule has 1 amide bonds. The van der Waals surface area contributed by atoms with Crippen LogP contribution in [0.5, 0.6) is 0 Å². The van der Waals surface area contributed by atoms with Gasteiger partial charge in [-0.05, 0) is 6.08 Å². The van der Waals surface area contributed by atoms with E-state index in [1.807, 2.05) is 6.08 Å². The monoisotopic (exact) mass is 155 g/mol. The van der Waals surface area contributed by atoms with Gasteiger partial charge >= 0.3 is 0 Å². The summed E-state index contributed by atoms with van der Waals surface area (Å²) in [6.45, 7) is -0.187. The Labute approximate surface area is 64.1 Å². The van der Waals surface area contributed by atoms with Gasteiger partial charge in [-0.3, -0.25) is 4.79 Å². The summed E-state index contributed by atoms with van der Waals surface area (Å²) in [5, 5.41) is 8.67. The number of likely N-dealkylation sites (tertiary alicyclic amines) is 1. The molecule has 0 aromatic carbocycles. The van der Waals surface area contributed by atoms with Crippen molar-refractivity contribution >= 4 is 5.91 Å². The second kappa shape index (κ2) is 1.98. The zero-order chi connectivity index (χ0) is 8.01. The van der Waals surface area contributed by atoms with Crippen LogP contribution in [0.2, 0.25) is 0 Å². The van der Waals surface area contributed by atoms with Gasteiger partial charge < -0.3 is 14.7 Å². The highest BCUT2D eigenvalue weighted by atomic mass is 16.5. The van der Waals surface area contributed by atoms with Crippen molar-refractivity contribution in [2.24, 2.45) is 5.92 Å². The molecule has 1 aliphatic heterocycles. The average Bonchev–Trinajstić information content (AvgIpc) is 1.96. The van der Waals surface area contributed by atoms with Crippen LogP contribution in [0.3, 0.4) is 0 Å². The molecule has 1 fully saturated rings. The number of hydrogen-bond acceptors (Lipinski definition) is 3. The Morgan fingerprint density at radius 1 is 1.82 bits per heavy atom. The maximum absolute atomic E-state index is 11.1. The molecule has 1 aliphatic carbocycles. The fourth-order valence-corrected chi connectivity index (χ4v) is 1.56. The summed E-state index contributed by atoms with van der Waals surface area (Å²) in [6, 6.07) is 0.0995. The lowest BCUT2D eigenvalue weighted by Gasteiger charge is -2.50. The van der Waals surface area contributed by atoms with E-state index in [1.165, 1.54) is 4.90 Å². The number of fused-ring (bicyclic) bond motifs is 1. The highest BCUT2D eigenvalue weighted by Crippen LogP contribution is 2.41. The van der Waals surface area contributed by atoms with Gasteiger partial charge in [-0.15, -0.1) is 0 Å². The van der Waals surface area contributed by atoms with E-state index in [4.69, 9.17) is 9.84 Å². The van der Waals surface area contributed by atoms with Gasteiger partial charge in [0.1, 0.15) is 18.4 Å². The number of methoxy groups -OCH3 is 1. The molecule has 1 unspecified atom stereocenters. The van der Waals surface area contributed by atoms with Crippen molar-refractivity contribution in [1.29, 1.82) is 0 Å². The Balaban J connectivity index is 2.11. The van der Waals surface area contributed by atoms with Gasteiger partial charge in [0.25, 0.3) is 0 Å². The summed E-state index contributed by atoms with van der Waals surface area (Å²) in [5.41, 5.74) is 0. The Morgan fingerprint density at radius 2 is 2.55 bits per heavy atom. The van der Waals surface area contributed by atoms with Gasteiger partial charge in [0.2, 0.25) is 5.91 Å². The summed E-state index contributed by atoms with van der Waals surface area (Å²) in [6.07, 6.45) is 1.85. The fraction of sp³-hybridized carbons (Fsp3) is 0.571. The second-order valence-corrected chi connectivity index (χ2v) is 2.69. The van der Waals surface area contributed by atoms with Crippen LogP contribution in [0, 0.1) is 5.92 Å². The Hall–Kier alpha value is -1.03. The third kappa shape index (κ3) is 0.599. The molecule has 4 nitrogen and oxygen atoms in total. The number of hydrogen-bond donors (Lipinski definition) is 1. The summed E-state index contributed by atoms with van der Waals surface area (Å²) < 4.78 is 4.92. The molecule has 0 saturated carbocycles. The highest BCUT2D eigenvalue weighted by molar-refractivity contribution is 5.91. The molecule has 0 bridgehead atoms. The normalized spacial score (nSPS) is 33.5. The molecule has 1 N–H and O–H groups in total. The predicted molar refractivity (Wildman–Crippen MR) is 36.3 cm³/mol. The molecule has 2 rings (SSSR count). The second-order valence-electron chi connectivity index (χ2n) is 2.69. The summed E-state index contributed by atoms with van der Waals surface area (Å²) in [7, 11) is 1.55. The smallest absolute Gasteiger partial charge is 0.238 e. The summed E-state index contributed by atoms with van der Waals surface area (Å²) >= 11 is 0. The molecule has 1 heterocycles. The number of rotatable bonds is 2. The fourth-order valence-electron chi connectivity index (χ4n) is 1.56. The molecule has 60 valence electrons. The van der Waals surface area contributed by atoms with E-state index in [0.29, 0.717) is 0 Å². The van der Waals surface area contributed by atoms with Crippen LogP contribution < -0.4 is 0 Å². The van der Waals surface area contributed by atoms with Gasteiger partial charge in [0.15, 0.2) is 0 Å². The number of amides is 1. The molecule has 0 aromatic rings. The zero-order valence-electron chi connectivity index (χ0n) is 6.15. The zero-order valence-corrected chi connectivity index (χ0v) is 6.15. The Bertz CT molecular complexity index is 236. The van der Waals surface area contributed by atoms with Crippen molar-refractivity contribution in [3.63, 3.8) is 0 Å². The van der Waals surface area contributed by atoms with Gasteiger partial charge in [-0.1, -0.05) is 0 Å². The van der Waals surface area contributed by atoms with Crippen molar-refractivity contribution in [2.75, 3.05) is 13.8 Å². The van der Waals surface area contributed by atoms with Crippen LogP contribution in [0.4, 0.5) is 0 Å². The number of ether oxygens (including phenoxy) is 1. The van der Waals surface area contributed by atoms with Crippen LogP contribution in [-0.2, 0) is 9.53 Å². The van der Waals surface area contributed by atoms with Gasteiger partial charge in [-0.25, -0.2) is 0 Å². The molecular weight excluding hydrogens is 146 g/mol. The first-order chi connectivity index (χ1) is 5.29. The lowest BCUT2D eigenvalue weighted by atomic mass is 9.76. The summed E-state index contributed by atoms with van der Waals surface area (Å²) in [5.74, 6) is 0.619. The number of aliphatic hydroxyl groups is 1. The van der Waals surface area contributed by atoms with E-state index >= 15 is 0 Å². The molecule has 4 heteroatoms. The Morgan fingerprint density at radius 3 is 3.00 bits per heavy atom. The van der Waals surface area contributed by atoms with E-state index in [0.717, 1.165) is 5.76 Å². The lowest BCUT2D eigenvalue weighted by Crippen LogP contribution is -2.65. The number of carbonyl (C=O) groups is 1. The predicted octanol–water partition coefficient (Wildman–Crippen LogP) is -0.693. The largest absolute Gasteiger partial charge is 0.500 e. The molecule has 2 aliphatic rings. The maximum atomic E-state index is 11.1. The first-order valence-corrected chi connectivity index (χ1v) is 3.46. The van der Waals surface area contributed by atoms with Crippen molar-refractivity contribution in [3.8, 4) is 0 Å². The van der Waals surface area contributed by atoms with E-state index in [1.54, 1.807) is 7.11 Å². The van der Waals surface area contributed by atoms with E-state index in [9.17, 15) is 4.79 Å². The first-order valence-electron chi connectivity index (χ1n) is 3.46. The number of carbonyl (C=O) groups excluding carboxylic acids is 1. The highest BCUT2D eigenvalue weighted by Gasteiger charge is 2.54. The van der Waals surface area contributed by atoms with Crippen molar-refractivity contribution in [3.05, 3.63) is 11.8 Å². The third-order valence-corrected chi connectivity index (χ3v) is 2.28. The van der Waals surface area contributed by atoms with Crippen LogP contribution in [0.15, 0.2) is 11.8 Å². The van der Waals surface area contributed by atoms with Gasteiger partial charge in [0.05, 0.1) is 13.2 Å². The minimum absolute atomic E-state index is 0.0307. The van der Waals surface area contributed by atoms with Crippen LogP contribution in [0.1, 0.15) is 0 Å². The third-order valence-electron chi connectivity index (χ3n) is 2.28. The quantitative estimate of drug-likeness (QED) is 0.537. The van der Waals surface area contributed by atoms with Crippen molar-refractivity contribution < 1.29 is 14.6 Å². The molecule has 1 saturated heterocycles. The van der Waals surface area contributed by atoms with E-state index < -0.39 is 0 Å². The number of aliphatic hydroxyl groups excluding tert-OH is 1. The van der Waals surface area contributed by atoms with E-state index in [-0.39, 0.29) is 24.6 Å². The van der Waals surface area contributed by atoms with E-state index in [2.05, 4.69) is 0 Å². The number of nitrogens with zero attached hydrogens (tertiary/aromatic N) is 1. The first kappa shape index (κ1) is 6.67. The van der Waals surface area contributed by atoms with Crippen molar-refractivity contribution in [2.45, 2.75) is 6.04 Å². The van der Waals surface area contributed by atoms with Gasteiger partial charge in [0, 0.05) is 0 Å². The molecular formula is C7H9NO3. The van der Waals surface area contributed by atoms with Crippen LogP contribution in [-0.4, -0.2) is 35.8 Å². The average molecular weight is 155 g/mol. The maximum Gasteiger partial charge on any atom is 0.238 e. The molecule has 0 spiro atoms. The SMILES string of the molecule is COC1=C[C@H]2C1C(=O)N2CO. The summed E-state index contributed by atoms with van der Waals surface area (Å²) in [4.78, 5) is 12.5. The lowest BCUT2D eigenvalue weighted by molar-refractivity contribution is -0.163. The topological polar surface area (TPSA) is 49.8 Å². The Kier molecular flexibility index (Phi) is 1.20. The minimum Gasteiger partial charge on any atom is -0.500 e. The molecule has 0 aromatic heterocycles. The van der Waals surface area contributed by atoms with Gasteiger partial charge in [-0.2, -0.15) is 0 Å².